The predicted octanol–water partition coefficient (Wildman–Crippen LogP) is 1.43. The number of oxime groups is 1. The summed E-state index contributed by atoms with van der Waals surface area (Å²) >= 11 is 1.31. The summed E-state index contributed by atoms with van der Waals surface area (Å²) in [5.74, 6) is -0.0368. The number of amidine groups is 1. The third kappa shape index (κ3) is 2.75. The first-order valence-electron chi connectivity index (χ1n) is 5.10. The summed E-state index contributed by atoms with van der Waals surface area (Å²) in [7, 11) is 0. The van der Waals surface area contributed by atoms with Gasteiger partial charge < -0.3 is 10.9 Å². The molecule has 0 saturated heterocycles. The third-order valence-corrected chi connectivity index (χ3v) is 3.02. The van der Waals surface area contributed by atoms with Crippen molar-refractivity contribution in [1.29, 1.82) is 0 Å². The molecule has 0 saturated carbocycles. The van der Waals surface area contributed by atoms with Crippen LogP contribution in [0, 0.1) is 6.92 Å². The number of nitrogens with two attached hydrogens (primary N) is 1. The highest BCUT2D eigenvalue weighted by atomic mass is 32.2. The van der Waals surface area contributed by atoms with Gasteiger partial charge in [-0.25, -0.2) is 9.97 Å². The molecule has 2 heterocycles. The van der Waals surface area contributed by atoms with Crippen molar-refractivity contribution in [1.82, 2.24) is 15.0 Å². The zero-order chi connectivity index (χ0) is 13.0. The van der Waals surface area contributed by atoms with E-state index >= 15 is 0 Å². The molecule has 0 bridgehead atoms. The second-order valence-corrected chi connectivity index (χ2v) is 4.49. The van der Waals surface area contributed by atoms with Crippen molar-refractivity contribution in [2.75, 3.05) is 0 Å². The lowest BCUT2D eigenvalue weighted by Gasteiger charge is -2.05. The molecule has 0 spiro atoms. The Labute approximate surface area is 108 Å². The van der Waals surface area contributed by atoms with Crippen LogP contribution in [0.3, 0.4) is 0 Å². The van der Waals surface area contributed by atoms with Crippen LogP contribution >= 0.6 is 11.8 Å². The van der Waals surface area contributed by atoms with Crippen LogP contribution in [0.1, 0.15) is 11.3 Å². The number of nitrogens with zero attached hydrogens (tertiary/aromatic N) is 4. The van der Waals surface area contributed by atoms with E-state index in [4.69, 9.17) is 10.9 Å². The minimum atomic E-state index is -0.0368. The Morgan fingerprint density at radius 1 is 1.33 bits per heavy atom. The highest BCUT2D eigenvalue weighted by Crippen LogP contribution is 2.26. The van der Waals surface area contributed by atoms with E-state index in [0.29, 0.717) is 10.9 Å². The van der Waals surface area contributed by atoms with Crippen LogP contribution in [-0.2, 0) is 0 Å². The van der Waals surface area contributed by atoms with Crippen molar-refractivity contribution in [2.24, 2.45) is 10.9 Å². The first kappa shape index (κ1) is 12.3. The zero-order valence-electron chi connectivity index (χ0n) is 9.61. The Morgan fingerprint density at radius 2 is 2.06 bits per heavy atom. The fraction of sp³-hybridized carbons (Fsp3) is 0.0909. The van der Waals surface area contributed by atoms with Gasteiger partial charge in [0.15, 0.2) is 11.0 Å². The Bertz CT molecular complexity index is 570. The number of rotatable bonds is 3. The van der Waals surface area contributed by atoms with E-state index in [-0.39, 0.29) is 5.84 Å². The standard InChI is InChI=1S/C11H11N5OS/c1-7-5-14-11(15-6-7)18-8-3-2-4-13-9(8)10(12)16-17/h2-6,17H,1H3,(H2,12,16). The number of aromatic nitrogens is 3. The molecule has 0 amide bonds. The van der Waals surface area contributed by atoms with Gasteiger partial charge in [0.05, 0.1) is 0 Å². The molecule has 6 nitrogen and oxygen atoms in total. The Balaban J connectivity index is 2.32. The molecule has 2 rings (SSSR count). The summed E-state index contributed by atoms with van der Waals surface area (Å²) in [6.07, 6.45) is 5.04. The molecule has 0 unspecified atom stereocenters. The highest BCUT2D eigenvalue weighted by Gasteiger charge is 2.10. The first-order valence-corrected chi connectivity index (χ1v) is 5.92. The predicted molar refractivity (Wildman–Crippen MR) is 67.6 cm³/mol. The van der Waals surface area contributed by atoms with Crippen molar-refractivity contribution in [3.63, 3.8) is 0 Å². The molecule has 0 aliphatic heterocycles. The molecule has 0 fully saturated rings. The molecule has 92 valence electrons. The molecule has 0 aliphatic rings. The maximum absolute atomic E-state index is 8.70. The van der Waals surface area contributed by atoms with Gasteiger partial charge in [-0.15, -0.1) is 0 Å². The van der Waals surface area contributed by atoms with E-state index in [9.17, 15) is 0 Å². The molecule has 7 heteroatoms. The first-order chi connectivity index (χ1) is 8.70. The number of pyridine rings is 1. The second-order valence-electron chi connectivity index (χ2n) is 3.48. The van der Waals surface area contributed by atoms with Crippen molar-refractivity contribution < 1.29 is 5.21 Å². The summed E-state index contributed by atoms with van der Waals surface area (Å²) in [4.78, 5) is 13.2. The van der Waals surface area contributed by atoms with Gasteiger partial charge in [-0.1, -0.05) is 5.16 Å². The quantitative estimate of drug-likeness (QED) is 0.285. The lowest BCUT2D eigenvalue weighted by atomic mass is 10.3. The van der Waals surface area contributed by atoms with Crippen LogP contribution in [0.25, 0.3) is 0 Å². The molecule has 0 radical (unpaired) electrons. The van der Waals surface area contributed by atoms with E-state index in [1.807, 2.05) is 13.0 Å². The Kier molecular flexibility index (Phi) is 3.73. The van der Waals surface area contributed by atoms with Gasteiger partial charge in [0.2, 0.25) is 0 Å². The minimum Gasteiger partial charge on any atom is -0.409 e. The van der Waals surface area contributed by atoms with Crippen molar-refractivity contribution in [3.8, 4) is 0 Å². The van der Waals surface area contributed by atoms with E-state index < -0.39 is 0 Å². The van der Waals surface area contributed by atoms with Gasteiger partial charge >= 0.3 is 0 Å². The number of hydrogen-bond donors (Lipinski definition) is 2. The largest absolute Gasteiger partial charge is 0.409 e. The monoisotopic (exact) mass is 261 g/mol. The van der Waals surface area contributed by atoms with E-state index in [0.717, 1.165) is 10.5 Å². The topological polar surface area (TPSA) is 97.3 Å². The fourth-order valence-electron chi connectivity index (χ4n) is 1.24. The maximum atomic E-state index is 8.70. The van der Waals surface area contributed by atoms with Gasteiger partial charge in [0.25, 0.3) is 0 Å². The van der Waals surface area contributed by atoms with Gasteiger partial charge in [-0.05, 0) is 36.4 Å². The van der Waals surface area contributed by atoms with Gasteiger partial charge in [0, 0.05) is 23.5 Å². The SMILES string of the molecule is Cc1cnc(Sc2cccnc2/C(N)=N/O)nc1. The number of hydrogen-bond acceptors (Lipinski definition) is 6. The summed E-state index contributed by atoms with van der Waals surface area (Å²) in [6, 6.07) is 3.58. The summed E-state index contributed by atoms with van der Waals surface area (Å²) in [5.41, 5.74) is 6.96. The van der Waals surface area contributed by atoms with Crippen LogP contribution in [0.2, 0.25) is 0 Å². The number of aryl methyl sites for hydroxylation is 1. The van der Waals surface area contributed by atoms with Crippen molar-refractivity contribution >= 4 is 17.6 Å². The van der Waals surface area contributed by atoms with Crippen LogP contribution in [0.4, 0.5) is 0 Å². The molecule has 0 aromatic carbocycles. The maximum Gasteiger partial charge on any atom is 0.192 e. The van der Waals surface area contributed by atoms with Crippen LogP contribution in [-0.4, -0.2) is 26.0 Å². The molecule has 0 atom stereocenters. The van der Waals surface area contributed by atoms with Gasteiger partial charge in [-0.3, -0.25) is 4.98 Å². The molecular formula is C11H11N5OS. The van der Waals surface area contributed by atoms with Gasteiger partial charge in [-0.2, -0.15) is 0 Å². The van der Waals surface area contributed by atoms with E-state index in [1.165, 1.54) is 11.8 Å². The third-order valence-electron chi connectivity index (χ3n) is 2.08. The summed E-state index contributed by atoms with van der Waals surface area (Å²) < 4.78 is 0. The fourth-order valence-corrected chi connectivity index (χ4v) is 2.05. The smallest absolute Gasteiger partial charge is 0.192 e. The lowest BCUT2D eigenvalue weighted by Crippen LogP contribution is -2.16. The Morgan fingerprint density at radius 3 is 2.72 bits per heavy atom. The van der Waals surface area contributed by atoms with E-state index in [1.54, 1.807) is 24.7 Å². The second kappa shape index (κ2) is 5.46. The van der Waals surface area contributed by atoms with Crippen LogP contribution in [0.15, 0.2) is 45.9 Å². The minimum absolute atomic E-state index is 0.0368. The average Bonchev–Trinajstić information content (AvgIpc) is 2.41. The van der Waals surface area contributed by atoms with E-state index in [2.05, 4.69) is 20.1 Å². The van der Waals surface area contributed by atoms with Crippen LogP contribution < -0.4 is 5.73 Å². The average molecular weight is 261 g/mol. The zero-order valence-corrected chi connectivity index (χ0v) is 10.4. The summed E-state index contributed by atoms with van der Waals surface area (Å²) in [6.45, 7) is 1.92. The van der Waals surface area contributed by atoms with Gasteiger partial charge in [0.1, 0.15) is 5.69 Å². The molecule has 0 aliphatic carbocycles. The molecule has 2 aromatic rings. The molecule has 3 N–H and O–H groups in total. The summed E-state index contributed by atoms with van der Waals surface area (Å²) in [5, 5.41) is 12.2. The molecular weight excluding hydrogens is 250 g/mol. The normalized spacial score (nSPS) is 11.5. The van der Waals surface area contributed by atoms with Crippen LogP contribution in [0.5, 0.6) is 0 Å². The Hall–Kier alpha value is -2.15. The molecule has 2 aromatic heterocycles. The lowest BCUT2D eigenvalue weighted by molar-refractivity contribution is 0.318. The van der Waals surface area contributed by atoms with Crippen molar-refractivity contribution in [2.45, 2.75) is 17.0 Å². The molecule has 18 heavy (non-hydrogen) atoms. The van der Waals surface area contributed by atoms with Crippen molar-refractivity contribution in [3.05, 3.63) is 42.0 Å². The highest BCUT2D eigenvalue weighted by molar-refractivity contribution is 7.99.